The van der Waals surface area contributed by atoms with E-state index in [0.717, 1.165) is 13.0 Å². The van der Waals surface area contributed by atoms with Gasteiger partial charge in [0.15, 0.2) is 5.54 Å². The summed E-state index contributed by atoms with van der Waals surface area (Å²) < 4.78 is 0. The molecule has 0 aliphatic carbocycles. The number of hydrogen-bond donors (Lipinski definition) is 1. The first kappa shape index (κ1) is 16.2. The van der Waals surface area contributed by atoms with Gasteiger partial charge in [-0.15, -0.1) is 6.58 Å². The second-order valence-corrected chi connectivity index (χ2v) is 6.09. The molecule has 0 heterocycles. The minimum atomic E-state index is -0.153. The normalized spacial score (nSPS) is 11.2. The molecule has 0 aliphatic heterocycles. The van der Waals surface area contributed by atoms with Crippen LogP contribution in [0.3, 0.4) is 0 Å². The molecule has 0 amide bonds. The molecule has 0 saturated heterocycles. The smallest absolute Gasteiger partial charge is 0.151 e. The number of benzene rings is 3. The molecule has 2 N–H and O–H groups in total. The first-order valence-corrected chi connectivity index (χ1v) is 8.45. The van der Waals surface area contributed by atoms with E-state index in [0.29, 0.717) is 0 Å². The Bertz CT molecular complexity index is 708. The van der Waals surface area contributed by atoms with Crippen LogP contribution in [0.25, 0.3) is 0 Å². The standard InChI is InChI=1S/C23H23N/c1-2-18-23(21-14-8-4-9-15-21,22-16-10-5-11-17-22)24-19-20-12-6-3-7-13-20/h2-17,24H,1,18-19H2/p+1. The highest BCUT2D eigenvalue weighted by Gasteiger charge is 2.36. The van der Waals surface area contributed by atoms with Crippen LogP contribution in [-0.2, 0) is 12.1 Å². The maximum Gasteiger partial charge on any atom is 0.151 e. The largest absolute Gasteiger partial charge is 0.330 e. The SMILES string of the molecule is C=CCC([NH2+]Cc1ccccc1)(c1ccccc1)c1ccccc1. The molecule has 0 bridgehead atoms. The lowest BCUT2D eigenvalue weighted by atomic mass is 9.80. The maximum absolute atomic E-state index is 4.03. The Labute approximate surface area is 144 Å². The van der Waals surface area contributed by atoms with Gasteiger partial charge in [-0.2, -0.15) is 0 Å². The van der Waals surface area contributed by atoms with Crippen LogP contribution in [0, 0.1) is 0 Å². The Morgan fingerprint density at radius 3 is 1.62 bits per heavy atom. The first-order chi connectivity index (χ1) is 11.8. The summed E-state index contributed by atoms with van der Waals surface area (Å²) in [5, 5.41) is 2.44. The van der Waals surface area contributed by atoms with Crippen LogP contribution in [0.15, 0.2) is 104 Å². The Morgan fingerprint density at radius 1 is 0.708 bits per heavy atom. The molecule has 0 atom stereocenters. The monoisotopic (exact) mass is 314 g/mol. The van der Waals surface area contributed by atoms with E-state index < -0.39 is 0 Å². The molecule has 3 aromatic carbocycles. The summed E-state index contributed by atoms with van der Waals surface area (Å²) in [6, 6.07) is 32.1. The van der Waals surface area contributed by atoms with Gasteiger partial charge >= 0.3 is 0 Å². The molecule has 0 aromatic heterocycles. The lowest BCUT2D eigenvalue weighted by Gasteiger charge is -2.32. The fourth-order valence-electron chi connectivity index (χ4n) is 3.33. The van der Waals surface area contributed by atoms with Crippen molar-refractivity contribution in [3.05, 3.63) is 120 Å². The summed E-state index contributed by atoms with van der Waals surface area (Å²) in [5.74, 6) is 0. The van der Waals surface area contributed by atoms with Crippen molar-refractivity contribution in [2.24, 2.45) is 0 Å². The highest BCUT2D eigenvalue weighted by atomic mass is 15.0. The molecule has 3 rings (SSSR count). The number of rotatable bonds is 7. The van der Waals surface area contributed by atoms with E-state index >= 15 is 0 Å². The molecular weight excluding hydrogens is 290 g/mol. The summed E-state index contributed by atoms with van der Waals surface area (Å²) in [6.45, 7) is 4.96. The van der Waals surface area contributed by atoms with Crippen molar-refractivity contribution >= 4 is 0 Å². The third kappa shape index (κ3) is 3.47. The van der Waals surface area contributed by atoms with Crippen LogP contribution in [0.1, 0.15) is 23.1 Å². The molecule has 1 nitrogen and oxygen atoms in total. The van der Waals surface area contributed by atoms with Crippen molar-refractivity contribution < 1.29 is 5.32 Å². The van der Waals surface area contributed by atoms with Crippen molar-refractivity contribution in [3.8, 4) is 0 Å². The van der Waals surface area contributed by atoms with Crippen LogP contribution in [0.4, 0.5) is 0 Å². The van der Waals surface area contributed by atoms with Gasteiger partial charge in [-0.05, 0) is 0 Å². The third-order valence-corrected chi connectivity index (χ3v) is 4.57. The Kier molecular flexibility index (Phi) is 5.25. The van der Waals surface area contributed by atoms with Crippen molar-refractivity contribution in [2.75, 3.05) is 0 Å². The second-order valence-electron chi connectivity index (χ2n) is 6.09. The summed E-state index contributed by atoms with van der Waals surface area (Å²) >= 11 is 0. The number of nitrogens with two attached hydrogens (primary N) is 1. The van der Waals surface area contributed by atoms with E-state index in [2.05, 4.69) is 103 Å². The Morgan fingerprint density at radius 2 is 1.17 bits per heavy atom. The average molecular weight is 314 g/mol. The van der Waals surface area contributed by atoms with Gasteiger partial charge in [0.1, 0.15) is 6.54 Å². The minimum absolute atomic E-state index is 0.153. The van der Waals surface area contributed by atoms with E-state index in [1.807, 2.05) is 6.08 Å². The highest BCUT2D eigenvalue weighted by molar-refractivity contribution is 5.36. The zero-order valence-corrected chi connectivity index (χ0v) is 13.9. The van der Waals surface area contributed by atoms with Crippen LogP contribution >= 0.6 is 0 Å². The molecule has 120 valence electrons. The van der Waals surface area contributed by atoms with Gasteiger partial charge in [0.25, 0.3) is 0 Å². The Balaban J connectivity index is 2.03. The van der Waals surface area contributed by atoms with E-state index in [1.54, 1.807) is 0 Å². The molecule has 0 saturated carbocycles. The van der Waals surface area contributed by atoms with Crippen molar-refractivity contribution in [2.45, 2.75) is 18.5 Å². The zero-order chi connectivity index (χ0) is 16.7. The summed E-state index contributed by atoms with van der Waals surface area (Å²) in [6.07, 6.45) is 2.91. The van der Waals surface area contributed by atoms with Gasteiger partial charge < -0.3 is 5.32 Å². The second kappa shape index (κ2) is 7.76. The topological polar surface area (TPSA) is 16.6 Å². The van der Waals surface area contributed by atoms with Gasteiger partial charge in [-0.1, -0.05) is 97.1 Å². The van der Waals surface area contributed by atoms with Gasteiger partial charge in [0.2, 0.25) is 0 Å². The van der Waals surface area contributed by atoms with Crippen LogP contribution < -0.4 is 5.32 Å². The van der Waals surface area contributed by atoms with Crippen LogP contribution in [-0.4, -0.2) is 0 Å². The molecule has 0 aliphatic rings. The highest BCUT2D eigenvalue weighted by Crippen LogP contribution is 2.29. The summed E-state index contributed by atoms with van der Waals surface area (Å²) in [4.78, 5) is 0. The molecule has 3 aromatic rings. The maximum atomic E-state index is 4.03. The molecular formula is C23H24N+. The number of quaternary nitrogens is 1. The van der Waals surface area contributed by atoms with Crippen molar-refractivity contribution in [1.82, 2.24) is 0 Å². The average Bonchev–Trinajstić information content (AvgIpc) is 2.67. The Hall–Kier alpha value is -2.64. The lowest BCUT2D eigenvalue weighted by molar-refractivity contribution is -0.740. The van der Waals surface area contributed by atoms with E-state index in [9.17, 15) is 0 Å². The fraction of sp³-hybridized carbons (Fsp3) is 0.130. The molecule has 0 radical (unpaired) electrons. The lowest BCUT2D eigenvalue weighted by Crippen LogP contribution is -2.94. The first-order valence-electron chi connectivity index (χ1n) is 8.45. The molecule has 0 fully saturated rings. The van der Waals surface area contributed by atoms with Gasteiger partial charge in [0, 0.05) is 23.1 Å². The van der Waals surface area contributed by atoms with E-state index in [-0.39, 0.29) is 5.54 Å². The van der Waals surface area contributed by atoms with E-state index in [4.69, 9.17) is 0 Å². The molecule has 0 spiro atoms. The molecule has 0 unspecified atom stereocenters. The van der Waals surface area contributed by atoms with Gasteiger partial charge in [-0.3, -0.25) is 0 Å². The van der Waals surface area contributed by atoms with Gasteiger partial charge in [-0.25, -0.2) is 0 Å². The number of hydrogen-bond acceptors (Lipinski definition) is 0. The van der Waals surface area contributed by atoms with Gasteiger partial charge in [0.05, 0.1) is 0 Å². The quantitative estimate of drug-likeness (QED) is 0.627. The van der Waals surface area contributed by atoms with Crippen molar-refractivity contribution in [3.63, 3.8) is 0 Å². The molecule has 1 heteroatoms. The van der Waals surface area contributed by atoms with Crippen LogP contribution in [0.2, 0.25) is 0 Å². The molecule has 24 heavy (non-hydrogen) atoms. The third-order valence-electron chi connectivity index (χ3n) is 4.57. The predicted octanol–water partition coefficient (Wildman–Crippen LogP) is 4.27. The predicted molar refractivity (Wildman–Crippen MR) is 101 cm³/mol. The minimum Gasteiger partial charge on any atom is -0.330 e. The zero-order valence-electron chi connectivity index (χ0n) is 13.9. The summed E-state index contributed by atoms with van der Waals surface area (Å²) in [5.41, 5.74) is 3.80. The van der Waals surface area contributed by atoms with Crippen LogP contribution in [0.5, 0.6) is 0 Å². The summed E-state index contributed by atoms with van der Waals surface area (Å²) in [7, 11) is 0. The van der Waals surface area contributed by atoms with Crippen molar-refractivity contribution in [1.29, 1.82) is 0 Å². The van der Waals surface area contributed by atoms with E-state index in [1.165, 1.54) is 16.7 Å². The fourth-order valence-corrected chi connectivity index (χ4v) is 3.33.